The monoisotopic (exact) mass is 227 g/mol. The zero-order valence-corrected chi connectivity index (χ0v) is 9.87. The normalized spacial score (nSPS) is 27.7. The fourth-order valence-corrected chi connectivity index (χ4v) is 2.82. The molecule has 1 saturated carbocycles. The molecule has 0 amide bonds. The van der Waals surface area contributed by atoms with Crippen molar-refractivity contribution in [3.05, 3.63) is 16.9 Å². The number of nitrogens with two attached hydrogens (primary N) is 1. The number of hydrogen-bond acceptors (Lipinski definition) is 2. The van der Waals surface area contributed by atoms with Crippen LogP contribution in [-0.2, 0) is 7.05 Å². The van der Waals surface area contributed by atoms with Crippen LogP contribution in [0.3, 0.4) is 0 Å². The standard InChI is InChI=1S/C11H18ClN3/c1-15-11(9(12)7-14-15)8-5-3-2-4-6-10(8)13/h7-8,10H,2-6,13H2,1H3. The molecule has 1 fully saturated rings. The van der Waals surface area contributed by atoms with E-state index in [4.69, 9.17) is 17.3 Å². The summed E-state index contributed by atoms with van der Waals surface area (Å²) in [5.74, 6) is 0.382. The first-order chi connectivity index (χ1) is 7.20. The third kappa shape index (κ3) is 2.18. The topological polar surface area (TPSA) is 43.8 Å². The van der Waals surface area contributed by atoms with Crippen molar-refractivity contribution in [3.8, 4) is 0 Å². The third-order valence-electron chi connectivity index (χ3n) is 3.36. The zero-order chi connectivity index (χ0) is 10.8. The van der Waals surface area contributed by atoms with Crippen LogP contribution in [0, 0.1) is 0 Å². The fourth-order valence-electron chi connectivity index (χ4n) is 2.51. The van der Waals surface area contributed by atoms with Crippen molar-refractivity contribution in [1.82, 2.24) is 9.78 Å². The summed E-state index contributed by atoms with van der Waals surface area (Å²) in [4.78, 5) is 0. The number of rotatable bonds is 1. The Bertz CT molecular complexity index is 315. The van der Waals surface area contributed by atoms with Gasteiger partial charge in [-0.3, -0.25) is 4.68 Å². The first-order valence-corrected chi connectivity index (χ1v) is 6.01. The lowest BCUT2D eigenvalue weighted by Gasteiger charge is -2.21. The average molecular weight is 228 g/mol. The van der Waals surface area contributed by atoms with Crippen LogP contribution in [0.5, 0.6) is 0 Å². The Balaban J connectivity index is 2.27. The van der Waals surface area contributed by atoms with E-state index >= 15 is 0 Å². The van der Waals surface area contributed by atoms with Crippen molar-refractivity contribution < 1.29 is 0 Å². The molecule has 1 aliphatic rings. The second kappa shape index (κ2) is 4.54. The molecule has 0 aliphatic heterocycles. The number of halogens is 1. The molecule has 4 heteroatoms. The Morgan fingerprint density at radius 1 is 1.40 bits per heavy atom. The van der Waals surface area contributed by atoms with Gasteiger partial charge >= 0.3 is 0 Å². The van der Waals surface area contributed by atoms with Gasteiger partial charge in [0.15, 0.2) is 0 Å². The lowest BCUT2D eigenvalue weighted by atomic mass is 9.92. The quantitative estimate of drug-likeness (QED) is 0.749. The maximum atomic E-state index is 6.21. The van der Waals surface area contributed by atoms with Gasteiger partial charge in [-0.25, -0.2) is 0 Å². The van der Waals surface area contributed by atoms with Crippen LogP contribution in [0.1, 0.15) is 43.7 Å². The van der Waals surface area contributed by atoms with Gasteiger partial charge in [-0.05, 0) is 12.8 Å². The summed E-state index contributed by atoms with van der Waals surface area (Å²) in [6.07, 6.45) is 7.74. The van der Waals surface area contributed by atoms with E-state index in [2.05, 4.69) is 5.10 Å². The van der Waals surface area contributed by atoms with E-state index in [9.17, 15) is 0 Å². The highest BCUT2D eigenvalue weighted by atomic mass is 35.5. The van der Waals surface area contributed by atoms with Crippen molar-refractivity contribution in [3.63, 3.8) is 0 Å². The van der Waals surface area contributed by atoms with E-state index in [1.165, 1.54) is 19.3 Å². The molecule has 0 spiro atoms. The lowest BCUT2D eigenvalue weighted by molar-refractivity contribution is 0.475. The van der Waals surface area contributed by atoms with E-state index in [1.54, 1.807) is 6.20 Å². The maximum Gasteiger partial charge on any atom is 0.0821 e. The SMILES string of the molecule is Cn1ncc(Cl)c1C1CCCCCC1N. The highest BCUT2D eigenvalue weighted by Crippen LogP contribution is 2.34. The van der Waals surface area contributed by atoms with Crippen molar-refractivity contribution in [1.29, 1.82) is 0 Å². The van der Waals surface area contributed by atoms with Crippen LogP contribution in [0.25, 0.3) is 0 Å². The van der Waals surface area contributed by atoms with Crippen LogP contribution >= 0.6 is 11.6 Å². The molecule has 15 heavy (non-hydrogen) atoms. The van der Waals surface area contributed by atoms with Gasteiger partial charge in [-0.15, -0.1) is 0 Å². The molecule has 1 aromatic heterocycles. The van der Waals surface area contributed by atoms with Gasteiger partial charge in [0, 0.05) is 19.0 Å². The highest BCUT2D eigenvalue weighted by molar-refractivity contribution is 6.31. The Labute approximate surface area is 95.6 Å². The Kier molecular flexibility index (Phi) is 3.32. The van der Waals surface area contributed by atoms with Crippen molar-refractivity contribution in [2.75, 3.05) is 0 Å². The molecular weight excluding hydrogens is 210 g/mol. The van der Waals surface area contributed by atoms with Crippen molar-refractivity contribution >= 4 is 11.6 Å². The molecule has 1 heterocycles. The summed E-state index contributed by atoms with van der Waals surface area (Å²) >= 11 is 6.16. The molecule has 0 radical (unpaired) electrons. The molecule has 0 aromatic carbocycles. The highest BCUT2D eigenvalue weighted by Gasteiger charge is 2.26. The summed E-state index contributed by atoms with van der Waals surface area (Å²) < 4.78 is 1.87. The number of nitrogens with zero attached hydrogens (tertiary/aromatic N) is 2. The van der Waals surface area contributed by atoms with Gasteiger partial charge < -0.3 is 5.73 Å². The number of aromatic nitrogens is 2. The molecule has 1 aliphatic carbocycles. The lowest BCUT2D eigenvalue weighted by Crippen LogP contribution is -2.28. The maximum absolute atomic E-state index is 6.21. The number of hydrogen-bond donors (Lipinski definition) is 1. The summed E-state index contributed by atoms with van der Waals surface area (Å²) in [6, 6.07) is 0.236. The van der Waals surface area contributed by atoms with E-state index in [1.807, 2.05) is 11.7 Å². The molecule has 2 rings (SSSR count). The predicted octanol–water partition coefficient (Wildman–Crippen LogP) is 2.45. The van der Waals surface area contributed by atoms with Crippen LogP contribution in [0.4, 0.5) is 0 Å². The third-order valence-corrected chi connectivity index (χ3v) is 3.65. The minimum Gasteiger partial charge on any atom is -0.327 e. The van der Waals surface area contributed by atoms with Gasteiger partial charge in [-0.1, -0.05) is 30.9 Å². The molecule has 2 unspecified atom stereocenters. The first kappa shape index (κ1) is 11.0. The van der Waals surface area contributed by atoms with Gasteiger partial charge in [0.05, 0.1) is 16.9 Å². The second-order valence-electron chi connectivity index (χ2n) is 4.41. The molecule has 0 bridgehead atoms. The summed E-state index contributed by atoms with van der Waals surface area (Å²) in [5.41, 5.74) is 7.32. The van der Waals surface area contributed by atoms with Crippen molar-refractivity contribution in [2.24, 2.45) is 12.8 Å². The Hall–Kier alpha value is -0.540. The molecule has 3 nitrogen and oxygen atoms in total. The average Bonchev–Trinajstić information content (AvgIpc) is 2.42. The Morgan fingerprint density at radius 3 is 2.80 bits per heavy atom. The van der Waals surface area contributed by atoms with Gasteiger partial charge in [-0.2, -0.15) is 5.10 Å². The first-order valence-electron chi connectivity index (χ1n) is 5.63. The summed E-state index contributed by atoms with van der Waals surface area (Å²) in [6.45, 7) is 0. The van der Waals surface area contributed by atoms with Crippen LogP contribution < -0.4 is 5.73 Å². The van der Waals surface area contributed by atoms with E-state index in [-0.39, 0.29) is 6.04 Å². The zero-order valence-electron chi connectivity index (χ0n) is 9.12. The summed E-state index contributed by atoms with van der Waals surface area (Å²) in [5, 5.41) is 4.95. The molecule has 2 N–H and O–H groups in total. The Morgan fingerprint density at radius 2 is 2.13 bits per heavy atom. The van der Waals surface area contributed by atoms with Crippen LogP contribution in [-0.4, -0.2) is 15.8 Å². The molecule has 1 aromatic rings. The minimum atomic E-state index is 0.236. The van der Waals surface area contributed by atoms with Gasteiger partial charge in [0.1, 0.15) is 0 Å². The van der Waals surface area contributed by atoms with Gasteiger partial charge in [0.25, 0.3) is 0 Å². The second-order valence-corrected chi connectivity index (χ2v) is 4.82. The number of aryl methyl sites for hydroxylation is 1. The summed E-state index contributed by atoms with van der Waals surface area (Å²) in [7, 11) is 1.94. The minimum absolute atomic E-state index is 0.236. The molecular formula is C11H18ClN3. The fraction of sp³-hybridized carbons (Fsp3) is 0.727. The van der Waals surface area contributed by atoms with Crippen molar-refractivity contribution in [2.45, 2.75) is 44.1 Å². The predicted molar refractivity (Wildman–Crippen MR) is 62.0 cm³/mol. The largest absolute Gasteiger partial charge is 0.327 e. The molecule has 2 atom stereocenters. The smallest absolute Gasteiger partial charge is 0.0821 e. The van der Waals surface area contributed by atoms with Crippen LogP contribution in [0.2, 0.25) is 5.02 Å². The molecule has 0 saturated heterocycles. The van der Waals surface area contributed by atoms with E-state index < -0.39 is 0 Å². The van der Waals surface area contributed by atoms with Crippen LogP contribution in [0.15, 0.2) is 6.20 Å². The van der Waals surface area contributed by atoms with E-state index in [0.29, 0.717) is 5.92 Å². The molecule has 84 valence electrons. The van der Waals surface area contributed by atoms with Gasteiger partial charge in [0.2, 0.25) is 0 Å². The van der Waals surface area contributed by atoms with E-state index in [0.717, 1.165) is 23.6 Å².